The van der Waals surface area contributed by atoms with Crippen LogP contribution in [0.4, 0.5) is 24.5 Å². The van der Waals surface area contributed by atoms with E-state index in [-0.39, 0.29) is 16.9 Å². The maximum Gasteiger partial charge on any atom is 0.415 e. The van der Waals surface area contributed by atoms with E-state index in [2.05, 4.69) is 49.6 Å². The van der Waals surface area contributed by atoms with Crippen LogP contribution in [0.2, 0.25) is 0 Å². The molecule has 0 N–H and O–H groups in total. The summed E-state index contributed by atoms with van der Waals surface area (Å²) < 4.78 is 49.8. The van der Waals surface area contributed by atoms with E-state index in [0.29, 0.717) is 79.0 Å². The van der Waals surface area contributed by atoms with Gasteiger partial charge in [-0.3, -0.25) is 0 Å². The second kappa shape index (κ2) is 16.4. The van der Waals surface area contributed by atoms with Crippen LogP contribution in [-0.4, -0.2) is 49.0 Å². The standard InChI is InChI=1S/C55H29F3N12/c1-59-42-9-3-8-41(55(56,57)58)50(42)40-30-48(69-44-26-32(51-61-18-4-19-62-51)10-14-36(44)37-15-11-33(27-45(37)69)52-63-20-5-21-64-52)49(31-43(40)60-2)70-46-28-34(53-65-22-6-23-66-53)12-16-38(46)39-17-13-35(29-47(39)70)54-67-24-7-25-68-54/h3-31H. The van der Waals surface area contributed by atoms with E-state index in [1.165, 1.54) is 12.1 Å². The minimum absolute atomic E-state index is 0.0784. The first kappa shape index (κ1) is 41.4. The average Bonchev–Trinajstić information content (AvgIpc) is 3.92. The van der Waals surface area contributed by atoms with Crippen molar-refractivity contribution >= 4 is 55.0 Å². The lowest BCUT2D eigenvalue weighted by atomic mass is 9.94. The maximum absolute atomic E-state index is 15.3. The molecule has 0 saturated heterocycles. The number of rotatable bonds is 7. The minimum atomic E-state index is -4.88. The fourth-order valence-electron chi connectivity index (χ4n) is 9.27. The van der Waals surface area contributed by atoms with Gasteiger partial charge in [0.1, 0.15) is 0 Å². The van der Waals surface area contributed by atoms with Crippen LogP contribution in [-0.2, 0) is 6.18 Å². The molecule has 12 nitrogen and oxygen atoms in total. The summed E-state index contributed by atoms with van der Waals surface area (Å²) in [5.41, 5.74) is 4.35. The molecule has 0 radical (unpaired) electrons. The molecule has 12 aromatic rings. The van der Waals surface area contributed by atoms with E-state index in [9.17, 15) is 0 Å². The van der Waals surface area contributed by atoms with Crippen LogP contribution in [0.15, 0.2) is 177 Å². The van der Waals surface area contributed by atoms with E-state index in [0.717, 1.165) is 27.6 Å². The molecule has 6 aromatic heterocycles. The van der Waals surface area contributed by atoms with Gasteiger partial charge in [0.2, 0.25) is 0 Å². The van der Waals surface area contributed by atoms with E-state index in [1.807, 2.05) is 81.9 Å². The normalized spacial score (nSPS) is 11.6. The first-order chi connectivity index (χ1) is 34.3. The van der Waals surface area contributed by atoms with Crippen LogP contribution < -0.4 is 0 Å². The van der Waals surface area contributed by atoms with Gasteiger partial charge in [0, 0.05) is 93.4 Å². The molecule has 0 aliphatic rings. The van der Waals surface area contributed by atoms with Crippen molar-refractivity contribution in [1.82, 2.24) is 49.0 Å². The molecule has 0 aliphatic carbocycles. The SMILES string of the molecule is [C-]#[N+]c1cc(-n2c3cc(-c4ncccn4)ccc3c3ccc(-c4ncccn4)cc32)c(-n2c3cc(-c4ncccn4)ccc3c3ccc(-c4ncccn4)cc32)cc1-c1c([N+]#[C-])cccc1C(F)(F)F. The van der Waals surface area contributed by atoms with Crippen molar-refractivity contribution in [3.8, 4) is 68.1 Å². The Morgan fingerprint density at radius 3 is 1.06 bits per heavy atom. The zero-order valence-corrected chi connectivity index (χ0v) is 36.2. The van der Waals surface area contributed by atoms with Gasteiger partial charge in [-0.05, 0) is 71.8 Å². The van der Waals surface area contributed by atoms with Crippen molar-refractivity contribution < 1.29 is 13.2 Å². The molecule has 70 heavy (non-hydrogen) atoms. The molecule has 0 aliphatic heterocycles. The highest BCUT2D eigenvalue weighted by Crippen LogP contribution is 2.49. The first-order valence-corrected chi connectivity index (χ1v) is 21.7. The Morgan fingerprint density at radius 2 is 0.729 bits per heavy atom. The topological polar surface area (TPSA) is 122 Å². The Labute approximate surface area is 395 Å². The monoisotopic (exact) mass is 914 g/mol. The van der Waals surface area contributed by atoms with Gasteiger partial charge in [-0.2, -0.15) is 13.2 Å². The fourth-order valence-corrected chi connectivity index (χ4v) is 9.27. The summed E-state index contributed by atoms with van der Waals surface area (Å²) in [5.74, 6) is 1.86. The molecule has 0 unspecified atom stereocenters. The van der Waals surface area contributed by atoms with Gasteiger partial charge >= 0.3 is 6.18 Å². The quantitative estimate of drug-likeness (QED) is 0.145. The molecule has 15 heteroatoms. The Bertz CT molecular complexity index is 3930. The molecule has 12 rings (SSSR count). The lowest BCUT2D eigenvalue weighted by molar-refractivity contribution is -0.137. The van der Waals surface area contributed by atoms with Crippen LogP contribution in [0.5, 0.6) is 0 Å². The Hall–Kier alpha value is -9.99. The smallest absolute Gasteiger partial charge is 0.308 e. The highest BCUT2D eigenvalue weighted by molar-refractivity contribution is 6.14. The number of hydrogen-bond acceptors (Lipinski definition) is 8. The summed E-state index contributed by atoms with van der Waals surface area (Å²) in [5, 5.41) is 3.29. The summed E-state index contributed by atoms with van der Waals surface area (Å²) in [7, 11) is 0. The second-order valence-corrected chi connectivity index (χ2v) is 16.2. The highest BCUT2D eigenvalue weighted by atomic mass is 19.4. The van der Waals surface area contributed by atoms with E-state index in [1.54, 1.807) is 86.0 Å². The van der Waals surface area contributed by atoms with E-state index in [4.69, 9.17) is 13.1 Å². The number of benzene rings is 6. The first-order valence-electron chi connectivity index (χ1n) is 21.7. The average molecular weight is 915 g/mol. The van der Waals surface area contributed by atoms with Gasteiger partial charge in [0.05, 0.1) is 52.1 Å². The van der Waals surface area contributed by atoms with Gasteiger partial charge in [-0.25, -0.2) is 49.6 Å². The zero-order chi connectivity index (χ0) is 47.5. The molecule has 6 aromatic carbocycles. The summed E-state index contributed by atoms with van der Waals surface area (Å²) >= 11 is 0. The number of halogens is 3. The van der Waals surface area contributed by atoms with Crippen molar-refractivity contribution in [3.05, 3.63) is 205 Å². The van der Waals surface area contributed by atoms with Gasteiger partial charge in [-0.15, -0.1) is 0 Å². The lowest BCUT2D eigenvalue weighted by Crippen LogP contribution is -2.08. The van der Waals surface area contributed by atoms with Gasteiger partial charge in [0.25, 0.3) is 0 Å². The number of nitrogens with zero attached hydrogens (tertiary/aromatic N) is 12. The van der Waals surface area contributed by atoms with Gasteiger partial charge in [-0.1, -0.05) is 66.7 Å². The molecule has 0 atom stereocenters. The van der Waals surface area contributed by atoms with Crippen molar-refractivity contribution in [2.24, 2.45) is 0 Å². The van der Waals surface area contributed by atoms with Gasteiger partial charge < -0.3 is 9.13 Å². The van der Waals surface area contributed by atoms with Crippen molar-refractivity contribution in [3.63, 3.8) is 0 Å². The number of alkyl halides is 3. The number of hydrogen-bond donors (Lipinski definition) is 0. The molecular weight excluding hydrogens is 886 g/mol. The number of fused-ring (bicyclic) bond motifs is 6. The van der Waals surface area contributed by atoms with Crippen LogP contribution in [0.25, 0.3) is 121 Å². The molecule has 330 valence electrons. The number of aromatic nitrogens is 10. The molecular formula is C55H29F3N12. The minimum Gasteiger partial charge on any atom is -0.308 e. The second-order valence-electron chi connectivity index (χ2n) is 16.2. The largest absolute Gasteiger partial charge is 0.415 e. The summed E-state index contributed by atoms with van der Waals surface area (Å²) in [6.07, 6.45) is 8.38. The van der Waals surface area contributed by atoms with Crippen LogP contribution in [0.1, 0.15) is 5.56 Å². The summed E-state index contributed by atoms with van der Waals surface area (Å²) in [4.78, 5) is 44.0. The maximum atomic E-state index is 15.3. The molecule has 0 spiro atoms. The fraction of sp³-hybridized carbons (Fsp3) is 0.0182. The zero-order valence-electron chi connectivity index (χ0n) is 36.2. The van der Waals surface area contributed by atoms with Crippen LogP contribution >= 0.6 is 0 Å². The van der Waals surface area contributed by atoms with Crippen molar-refractivity contribution in [1.29, 1.82) is 0 Å². The molecule has 0 amide bonds. The van der Waals surface area contributed by atoms with Crippen molar-refractivity contribution in [2.45, 2.75) is 6.18 Å². The lowest BCUT2D eigenvalue weighted by Gasteiger charge is -2.22. The summed E-state index contributed by atoms with van der Waals surface area (Å²) in [6, 6.07) is 37.1. The molecule has 0 saturated carbocycles. The van der Waals surface area contributed by atoms with E-state index < -0.39 is 17.3 Å². The Kier molecular flexibility index (Phi) is 9.71. The predicted molar refractivity (Wildman–Crippen MR) is 262 cm³/mol. The molecule has 6 heterocycles. The third-order valence-electron chi connectivity index (χ3n) is 12.3. The Balaban J connectivity index is 1.29. The van der Waals surface area contributed by atoms with Crippen LogP contribution in [0, 0.1) is 13.1 Å². The molecule has 0 fully saturated rings. The molecule has 0 bridgehead atoms. The third kappa shape index (κ3) is 6.84. The van der Waals surface area contributed by atoms with E-state index >= 15 is 13.2 Å². The van der Waals surface area contributed by atoms with Gasteiger partial charge in [0.15, 0.2) is 34.7 Å². The van der Waals surface area contributed by atoms with Crippen molar-refractivity contribution in [2.75, 3.05) is 0 Å². The van der Waals surface area contributed by atoms with Crippen LogP contribution in [0.3, 0.4) is 0 Å². The summed E-state index contributed by atoms with van der Waals surface area (Å²) in [6.45, 7) is 16.8. The predicted octanol–water partition coefficient (Wildman–Crippen LogP) is 13.5. The third-order valence-corrected chi connectivity index (χ3v) is 12.3. The Morgan fingerprint density at radius 1 is 0.386 bits per heavy atom. The highest BCUT2D eigenvalue weighted by Gasteiger charge is 2.36.